The summed E-state index contributed by atoms with van der Waals surface area (Å²) in [5.74, 6) is 0. The van der Waals surface area contributed by atoms with E-state index in [9.17, 15) is 0 Å². The summed E-state index contributed by atoms with van der Waals surface area (Å²) in [5.41, 5.74) is 0. The van der Waals surface area contributed by atoms with E-state index >= 15 is 0 Å². The van der Waals surface area contributed by atoms with Gasteiger partial charge >= 0.3 is 21.0 Å². The number of aliphatic hydroxyl groups is 6. The van der Waals surface area contributed by atoms with Gasteiger partial charge < -0.3 is 30.6 Å². The molecule has 0 aliphatic carbocycles. The monoisotopic (exact) mass is 295 g/mol. The fourth-order valence-electron chi connectivity index (χ4n) is 0.212. The molecule has 107 valence electrons. The first-order chi connectivity index (χ1) is 8.24. The molecule has 0 saturated carbocycles. The molecule has 0 rings (SSSR count). The van der Waals surface area contributed by atoms with Gasteiger partial charge in [0.05, 0.1) is 0 Å². The van der Waals surface area contributed by atoms with Gasteiger partial charge in [-0.05, 0) is 19.3 Å². The van der Waals surface area contributed by atoms with Gasteiger partial charge in [0, 0.05) is 39.6 Å². The Labute approximate surface area is 111 Å². The van der Waals surface area contributed by atoms with Crippen LogP contribution in [0.2, 0.25) is 0 Å². The zero-order chi connectivity index (χ0) is 14.4. The third-order valence-electron chi connectivity index (χ3n) is 0.949. The van der Waals surface area contributed by atoms with E-state index < -0.39 is 0 Å². The molecular formula is C9H24O7V. The topological polar surface area (TPSA) is 138 Å². The molecule has 0 spiro atoms. The van der Waals surface area contributed by atoms with Crippen LogP contribution >= 0.6 is 0 Å². The van der Waals surface area contributed by atoms with Crippen LogP contribution in [0.1, 0.15) is 19.3 Å². The van der Waals surface area contributed by atoms with Crippen LogP contribution in [0.15, 0.2) is 0 Å². The molecular weight excluding hydrogens is 271 g/mol. The van der Waals surface area contributed by atoms with Gasteiger partial charge in [-0.1, -0.05) is 0 Å². The quantitative estimate of drug-likeness (QED) is 0.332. The Bertz CT molecular complexity index is 67.5. The molecule has 0 fully saturated rings. The molecule has 7 nitrogen and oxygen atoms in total. The number of hydrogen-bond acceptors (Lipinski definition) is 7. The minimum absolute atomic E-state index is 0.0938. The van der Waals surface area contributed by atoms with E-state index in [4.69, 9.17) is 34.3 Å². The van der Waals surface area contributed by atoms with E-state index in [1.165, 1.54) is 0 Å². The molecule has 0 unspecified atom stereocenters. The van der Waals surface area contributed by atoms with Crippen molar-refractivity contribution in [2.24, 2.45) is 0 Å². The second-order valence-corrected chi connectivity index (χ2v) is 2.40. The Morgan fingerprint density at radius 2 is 0.588 bits per heavy atom. The summed E-state index contributed by atoms with van der Waals surface area (Å²) in [5, 5.41) is 47.4. The van der Waals surface area contributed by atoms with Crippen LogP contribution in [0.25, 0.3) is 0 Å². The molecule has 8 heteroatoms. The van der Waals surface area contributed by atoms with Crippen molar-refractivity contribution in [3.8, 4) is 0 Å². The van der Waals surface area contributed by atoms with Crippen LogP contribution in [-0.4, -0.2) is 70.3 Å². The van der Waals surface area contributed by atoms with Crippen molar-refractivity contribution >= 4 is 0 Å². The van der Waals surface area contributed by atoms with E-state index in [1.54, 1.807) is 0 Å². The predicted octanol–water partition coefficient (Wildman–Crippen LogP) is -2.04. The van der Waals surface area contributed by atoms with E-state index in [0.717, 1.165) is 17.4 Å². The Morgan fingerprint density at radius 1 is 0.471 bits per heavy atom. The summed E-state index contributed by atoms with van der Waals surface area (Å²) >= 11 is 1.06. The Kier molecular flexibility index (Phi) is 67.4. The molecule has 0 amide bonds. The van der Waals surface area contributed by atoms with Gasteiger partial charge in [-0.25, -0.2) is 0 Å². The van der Waals surface area contributed by atoms with Crippen LogP contribution in [0.5, 0.6) is 0 Å². The van der Waals surface area contributed by atoms with Gasteiger partial charge in [-0.3, -0.25) is 0 Å². The number of hydrogen-bond donors (Lipinski definition) is 6. The number of aliphatic hydroxyl groups excluding tert-OH is 6. The average Bonchev–Trinajstić information content (AvgIpc) is 2.36. The van der Waals surface area contributed by atoms with Gasteiger partial charge in [0.1, 0.15) is 0 Å². The zero-order valence-corrected chi connectivity index (χ0v) is 11.3. The van der Waals surface area contributed by atoms with Crippen LogP contribution in [-0.2, 0) is 21.0 Å². The summed E-state index contributed by atoms with van der Waals surface area (Å²) < 4.78 is 8.19. The second kappa shape index (κ2) is 44.3. The summed E-state index contributed by atoms with van der Waals surface area (Å²) in [4.78, 5) is 0. The molecule has 0 radical (unpaired) electrons. The molecule has 0 aromatic heterocycles. The molecule has 0 aromatic carbocycles. The van der Waals surface area contributed by atoms with Crippen molar-refractivity contribution in [2.45, 2.75) is 19.3 Å². The molecule has 0 saturated heterocycles. The first kappa shape index (κ1) is 25.9. The molecule has 6 N–H and O–H groups in total. The standard InChI is InChI=1S/3C3H8O2.O.V/c3*4-2-1-3-5;;/h3*4-5H,1-3H2;;. The summed E-state index contributed by atoms with van der Waals surface area (Å²) in [6.07, 6.45) is 1.50. The fourth-order valence-corrected chi connectivity index (χ4v) is 0.212. The third kappa shape index (κ3) is 85.6. The Hall–Kier alpha value is 0.144. The molecule has 0 aromatic rings. The van der Waals surface area contributed by atoms with Crippen LogP contribution in [0.3, 0.4) is 0 Å². The maximum absolute atomic E-state index is 8.19. The van der Waals surface area contributed by atoms with Gasteiger partial charge in [0.25, 0.3) is 0 Å². The Balaban J connectivity index is -0.0000000693. The molecule has 0 atom stereocenters. The normalized spacial score (nSPS) is 7.59. The number of rotatable bonds is 6. The SMILES string of the molecule is OCCCO.OCCCO.OCCCO.[O]=[V]. The molecule has 17 heavy (non-hydrogen) atoms. The minimum atomic E-state index is 0.0938. The first-order valence-corrected chi connectivity index (χ1v) is 5.65. The van der Waals surface area contributed by atoms with Gasteiger partial charge in [0.15, 0.2) is 0 Å². The van der Waals surface area contributed by atoms with Crippen LogP contribution < -0.4 is 0 Å². The predicted molar refractivity (Wildman–Crippen MR) is 57.1 cm³/mol. The van der Waals surface area contributed by atoms with Gasteiger partial charge in [-0.2, -0.15) is 0 Å². The summed E-state index contributed by atoms with van der Waals surface area (Å²) in [7, 11) is 0. The van der Waals surface area contributed by atoms with Gasteiger partial charge in [-0.15, -0.1) is 0 Å². The zero-order valence-electron chi connectivity index (χ0n) is 9.90. The second-order valence-electron chi connectivity index (χ2n) is 2.40. The van der Waals surface area contributed by atoms with E-state index in [1.807, 2.05) is 0 Å². The fraction of sp³-hybridized carbons (Fsp3) is 1.00. The first-order valence-electron chi connectivity index (χ1n) is 5.08. The molecule has 0 aliphatic rings. The van der Waals surface area contributed by atoms with E-state index in [-0.39, 0.29) is 39.6 Å². The average molecular weight is 295 g/mol. The Morgan fingerprint density at radius 3 is 0.588 bits per heavy atom. The van der Waals surface area contributed by atoms with Crippen molar-refractivity contribution in [2.75, 3.05) is 39.6 Å². The van der Waals surface area contributed by atoms with Crippen molar-refractivity contribution < 1.29 is 51.7 Å². The van der Waals surface area contributed by atoms with E-state index in [2.05, 4.69) is 0 Å². The summed E-state index contributed by atoms with van der Waals surface area (Å²) in [6, 6.07) is 0. The van der Waals surface area contributed by atoms with Gasteiger partial charge in [0.2, 0.25) is 0 Å². The van der Waals surface area contributed by atoms with Crippen molar-refractivity contribution in [3.05, 3.63) is 0 Å². The third-order valence-corrected chi connectivity index (χ3v) is 0.949. The van der Waals surface area contributed by atoms with Crippen LogP contribution in [0, 0.1) is 0 Å². The molecule has 0 bridgehead atoms. The van der Waals surface area contributed by atoms with Crippen molar-refractivity contribution in [1.82, 2.24) is 0 Å². The molecule has 0 aliphatic heterocycles. The van der Waals surface area contributed by atoms with Crippen molar-refractivity contribution in [3.63, 3.8) is 0 Å². The van der Waals surface area contributed by atoms with Crippen LogP contribution in [0.4, 0.5) is 0 Å². The van der Waals surface area contributed by atoms with Crippen molar-refractivity contribution in [1.29, 1.82) is 0 Å². The molecule has 0 heterocycles. The van der Waals surface area contributed by atoms with E-state index in [0.29, 0.717) is 19.3 Å². The maximum atomic E-state index is 8.19. The summed E-state index contributed by atoms with van der Waals surface area (Å²) in [6.45, 7) is 0.562.